The van der Waals surface area contributed by atoms with Gasteiger partial charge in [0.1, 0.15) is 5.75 Å². The summed E-state index contributed by atoms with van der Waals surface area (Å²) in [6, 6.07) is 13.9. The molecule has 2 aromatic carbocycles. The van der Waals surface area contributed by atoms with Gasteiger partial charge in [0.25, 0.3) is 5.91 Å². The van der Waals surface area contributed by atoms with Crippen molar-refractivity contribution >= 4 is 49.9 Å². The molecule has 0 saturated heterocycles. The number of fused-ring (bicyclic) bond motifs is 1. The van der Waals surface area contributed by atoms with Crippen LogP contribution in [0.3, 0.4) is 0 Å². The number of aryl methyl sites for hydroxylation is 2. The van der Waals surface area contributed by atoms with Crippen molar-refractivity contribution in [1.29, 1.82) is 0 Å². The summed E-state index contributed by atoms with van der Waals surface area (Å²) in [6.07, 6.45) is 3.42. The minimum absolute atomic E-state index is 0.105. The molecule has 0 bridgehead atoms. The number of nitrogens with one attached hydrogen (secondary N) is 2. The van der Waals surface area contributed by atoms with Gasteiger partial charge >= 0.3 is 0 Å². The maximum Gasteiger partial charge on any atom is 0.264 e. The van der Waals surface area contributed by atoms with Gasteiger partial charge in [0.15, 0.2) is 16.9 Å². The van der Waals surface area contributed by atoms with Crippen molar-refractivity contribution in [2.24, 2.45) is 0 Å². The number of benzene rings is 2. The summed E-state index contributed by atoms with van der Waals surface area (Å²) in [5.41, 5.74) is 3.31. The fraction of sp³-hybridized carbons (Fsp3) is 0.286. The quantitative estimate of drug-likeness (QED) is 0.543. The number of carbonyl (C=O) groups is 1. The molecule has 0 saturated carbocycles. The molecule has 3 rings (SSSR count). The van der Waals surface area contributed by atoms with Crippen molar-refractivity contribution in [3.05, 3.63) is 53.6 Å². The second-order valence-corrected chi connectivity index (χ2v) is 7.97. The van der Waals surface area contributed by atoms with E-state index >= 15 is 0 Å². The number of ether oxygens (including phenoxy) is 1. The van der Waals surface area contributed by atoms with E-state index in [9.17, 15) is 4.79 Å². The van der Waals surface area contributed by atoms with Crippen molar-refractivity contribution in [3.8, 4) is 5.75 Å². The van der Waals surface area contributed by atoms with Crippen LogP contribution in [-0.4, -0.2) is 22.6 Å². The molecule has 7 heteroatoms. The highest BCUT2D eigenvalue weighted by atomic mass is 32.1. The lowest BCUT2D eigenvalue weighted by atomic mass is 10.1. The number of hydrogen-bond donors (Lipinski definition) is 2. The molecular weight excluding hydrogens is 390 g/mol. The van der Waals surface area contributed by atoms with Crippen molar-refractivity contribution in [1.82, 2.24) is 10.3 Å². The van der Waals surface area contributed by atoms with Crippen LogP contribution in [0.4, 0.5) is 5.13 Å². The third-order valence-corrected chi connectivity index (χ3v) is 5.24. The van der Waals surface area contributed by atoms with Crippen LogP contribution in [0.2, 0.25) is 0 Å². The van der Waals surface area contributed by atoms with Gasteiger partial charge in [0.2, 0.25) is 0 Å². The van der Waals surface area contributed by atoms with Gasteiger partial charge in [-0.1, -0.05) is 42.9 Å². The average Bonchev–Trinajstić information content (AvgIpc) is 3.06. The van der Waals surface area contributed by atoms with Crippen LogP contribution in [0.1, 0.15) is 30.9 Å². The largest absolute Gasteiger partial charge is 0.484 e. The van der Waals surface area contributed by atoms with Crippen molar-refractivity contribution in [3.63, 3.8) is 0 Å². The molecule has 0 fully saturated rings. The van der Waals surface area contributed by atoms with Crippen LogP contribution in [0.5, 0.6) is 5.75 Å². The van der Waals surface area contributed by atoms with Gasteiger partial charge in [-0.05, 0) is 67.4 Å². The van der Waals surface area contributed by atoms with E-state index in [-0.39, 0.29) is 17.6 Å². The van der Waals surface area contributed by atoms with Gasteiger partial charge in [-0.3, -0.25) is 10.1 Å². The lowest BCUT2D eigenvalue weighted by Gasteiger charge is -2.09. The highest BCUT2D eigenvalue weighted by Crippen LogP contribution is 2.27. The number of nitrogens with zero attached hydrogens (tertiary/aromatic N) is 1. The van der Waals surface area contributed by atoms with Crippen LogP contribution in [0, 0.1) is 6.92 Å². The fourth-order valence-corrected chi connectivity index (χ4v) is 3.91. The van der Waals surface area contributed by atoms with Gasteiger partial charge in [0, 0.05) is 0 Å². The molecule has 0 spiro atoms. The number of rotatable bonds is 7. The summed E-state index contributed by atoms with van der Waals surface area (Å²) in [7, 11) is 0. The standard InChI is InChI=1S/C21H23N3O2S2/c1-3-4-7-15-9-10-17-18(12-15)28-21(22-17)24-20(27)23-19(25)13-26-16-8-5-6-14(2)11-16/h5-6,8-12H,3-4,7,13H2,1-2H3,(H2,22,23,24,25,27). The van der Waals surface area contributed by atoms with Crippen LogP contribution in [-0.2, 0) is 11.2 Å². The Balaban J connectivity index is 1.53. The number of carbonyl (C=O) groups excluding carboxylic acids is 1. The third-order valence-electron chi connectivity index (χ3n) is 4.10. The van der Waals surface area contributed by atoms with E-state index in [1.165, 1.54) is 29.7 Å². The average molecular weight is 414 g/mol. The number of amides is 1. The van der Waals surface area contributed by atoms with Gasteiger partial charge in [0.05, 0.1) is 10.2 Å². The molecule has 0 aliphatic heterocycles. The van der Waals surface area contributed by atoms with Crippen molar-refractivity contribution in [2.75, 3.05) is 11.9 Å². The van der Waals surface area contributed by atoms with Crippen LogP contribution in [0.15, 0.2) is 42.5 Å². The monoisotopic (exact) mass is 413 g/mol. The molecule has 1 heterocycles. The van der Waals surface area contributed by atoms with E-state index < -0.39 is 0 Å². The van der Waals surface area contributed by atoms with E-state index in [1.54, 1.807) is 0 Å². The van der Waals surface area contributed by atoms with Gasteiger partial charge < -0.3 is 10.1 Å². The number of anilines is 1. The molecular formula is C21H23N3O2S2. The molecule has 0 aliphatic rings. The zero-order valence-corrected chi connectivity index (χ0v) is 17.6. The predicted octanol–water partition coefficient (Wildman–Crippen LogP) is 4.84. The molecule has 1 aromatic heterocycles. The summed E-state index contributed by atoms with van der Waals surface area (Å²) in [6.45, 7) is 4.05. The Morgan fingerprint density at radius 1 is 1.25 bits per heavy atom. The summed E-state index contributed by atoms with van der Waals surface area (Å²) >= 11 is 6.74. The Hall–Kier alpha value is -2.51. The van der Waals surface area contributed by atoms with Crippen molar-refractivity contribution < 1.29 is 9.53 Å². The summed E-state index contributed by atoms with van der Waals surface area (Å²) in [5, 5.41) is 6.47. The normalized spacial score (nSPS) is 10.6. The zero-order chi connectivity index (χ0) is 19.9. The Morgan fingerprint density at radius 3 is 2.89 bits per heavy atom. The second kappa shape index (κ2) is 9.61. The SMILES string of the molecule is CCCCc1ccc2nc(NC(=S)NC(=O)COc3cccc(C)c3)sc2c1. The van der Waals surface area contributed by atoms with Gasteiger partial charge in [-0.25, -0.2) is 4.98 Å². The number of hydrogen-bond acceptors (Lipinski definition) is 5. The number of aromatic nitrogens is 1. The smallest absolute Gasteiger partial charge is 0.264 e. The molecule has 28 heavy (non-hydrogen) atoms. The van der Waals surface area contributed by atoms with E-state index in [0.717, 1.165) is 22.2 Å². The lowest BCUT2D eigenvalue weighted by Crippen LogP contribution is -2.37. The first-order valence-corrected chi connectivity index (χ1v) is 10.5. The molecule has 1 amide bonds. The number of unbranched alkanes of at least 4 members (excludes halogenated alkanes) is 1. The maximum atomic E-state index is 12.0. The molecule has 0 aliphatic carbocycles. The molecule has 3 aromatic rings. The highest BCUT2D eigenvalue weighted by molar-refractivity contribution is 7.80. The first-order chi connectivity index (χ1) is 13.5. The summed E-state index contributed by atoms with van der Waals surface area (Å²) in [4.78, 5) is 16.6. The minimum Gasteiger partial charge on any atom is -0.484 e. The van der Waals surface area contributed by atoms with E-state index in [1.807, 2.05) is 37.3 Å². The van der Waals surface area contributed by atoms with E-state index in [4.69, 9.17) is 17.0 Å². The molecule has 2 N–H and O–H groups in total. The first kappa shape index (κ1) is 20.2. The molecule has 5 nitrogen and oxygen atoms in total. The maximum absolute atomic E-state index is 12.0. The van der Waals surface area contributed by atoms with Crippen LogP contribution >= 0.6 is 23.6 Å². The Labute approximate surface area is 174 Å². The zero-order valence-electron chi connectivity index (χ0n) is 16.0. The molecule has 0 unspecified atom stereocenters. The van der Waals surface area contributed by atoms with Gasteiger partial charge in [-0.2, -0.15) is 0 Å². The van der Waals surface area contributed by atoms with E-state index in [0.29, 0.717) is 10.9 Å². The van der Waals surface area contributed by atoms with Gasteiger partial charge in [-0.15, -0.1) is 0 Å². The summed E-state index contributed by atoms with van der Waals surface area (Å²) in [5.74, 6) is 0.334. The summed E-state index contributed by atoms with van der Waals surface area (Å²) < 4.78 is 6.59. The Bertz CT molecular complexity index is 985. The Morgan fingerprint density at radius 2 is 2.11 bits per heavy atom. The number of thiazole rings is 1. The minimum atomic E-state index is -0.318. The number of thiocarbonyl (C=S) groups is 1. The fourth-order valence-electron chi connectivity index (χ4n) is 2.70. The highest BCUT2D eigenvalue weighted by Gasteiger charge is 2.10. The van der Waals surface area contributed by atoms with E-state index in [2.05, 4.69) is 34.7 Å². The molecule has 0 radical (unpaired) electrons. The third kappa shape index (κ3) is 5.74. The predicted molar refractivity (Wildman–Crippen MR) is 119 cm³/mol. The second-order valence-electron chi connectivity index (χ2n) is 6.53. The Kier molecular flexibility index (Phi) is 6.95. The van der Waals surface area contributed by atoms with Crippen molar-refractivity contribution in [2.45, 2.75) is 33.1 Å². The molecule has 146 valence electrons. The topological polar surface area (TPSA) is 63.2 Å². The molecule has 0 atom stereocenters. The first-order valence-electron chi connectivity index (χ1n) is 9.23. The lowest BCUT2D eigenvalue weighted by molar-refractivity contribution is -0.121. The van der Waals surface area contributed by atoms with Crippen LogP contribution in [0.25, 0.3) is 10.2 Å². The van der Waals surface area contributed by atoms with Crippen LogP contribution < -0.4 is 15.4 Å².